The van der Waals surface area contributed by atoms with E-state index in [1.807, 2.05) is 6.07 Å². The van der Waals surface area contributed by atoms with Crippen LogP contribution in [0.25, 0.3) is 16.3 Å². The molecule has 2 heterocycles. The molecule has 0 atom stereocenters. The largest absolute Gasteiger partial charge is 0.356 e. The van der Waals surface area contributed by atoms with E-state index in [2.05, 4.69) is 20.7 Å². The standard InChI is InChI=1S/C18H17Cl2N5O2S/c1-11(26)21-8-3-6-16(27)24-18-22-10-15(28-18)14-7-9-23-25(14)17-12(19)4-2-5-13(17)20/h2,4-5,7,9-10H,3,6,8H2,1H3,(H,21,26)(H,22,24,27). The summed E-state index contributed by atoms with van der Waals surface area (Å²) in [6, 6.07) is 7.08. The summed E-state index contributed by atoms with van der Waals surface area (Å²) in [4.78, 5) is 27.9. The molecule has 0 bridgehead atoms. The number of carbonyl (C=O) groups is 2. The lowest BCUT2D eigenvalue weighted by Gasteiger charge is -2.09. The Morgan fingerprint density at radius 3 is 2.68 bits per heavy atom. The number of aromatic nitrogens is 3. The lowest BCUT2D eigenvalue weighted by molar-refractivity contribution is -0.119. The SMILES string of the molecule is CC(=O)NCCCC(=O)Nc1ncc(-c2ccnn2-c2c(Cl)cccc2Cl)s1. The van der Waals surface area contributed by atoms with Crippen molar-refractivity contribution in [2.45, 2.75) is 19.8 Å². The molecular weight excluding hydrogens is 421 g/mol. The van der Waals surface area contributed by atoms with Gasteiger partial charge in [0.2, 0.25) is 11.8 Å². The summed E-state index contributed by atoms with van der Waals surface area (Å²) in [5, 5.41) is 11.2. The second kappa shape index (κ2) is 9.18. The number of rotatable bonds is 7. The molecule has 0 saturated heterocycles. The highest BCUT2D eigenvalue weighted by molar-refractivity contribution is 7.19. The van der Waals surface area contributed by atoms with E-state index in [-0.39, 0.29) is 11.8 Å². The lowest BCUT2D eigenvalue weighted by atomic mass is 10.3. The van der Waals surface area contributed by atoms with Gasteiger partial charge in [-0.2, -0.15) is 5.10 Å². The van der Waals surface area contributed by atoms with Gasteiger partial charge in [0.15, 0.2) is 5.13 Å². The van der Waals surface area contributed by atoms with Crippen LogP contribution in [0.1, 0.15) is 19.8 Å². The molecule has 3 aromatic rings. The molecule has 2 aromatic heterocycles. The number of hydrogen-bond acceptors (Lipinski definition) is 5. The van der Waals surface area contributed by atoms with Gasteiger partial charge in [0, 0.05) is 26.1 Å². The average molecular weight is 438 g/mol. The lowest BCUT2D eigenvalue weighted by Crippen LogP contribution is -2.22. The Bertz CT molecular complexity index is 981. The summed E-state index contributed by atoms with van der Waals surface area (Å²) in [7, 11) is 0. The molecule has 0 radical (unpaired) electrons. The zero-order chi connectivity index (χ0) is 20.1. The number of nitrogens with one attached hydrogen (secondary N) is 2. The molecule has 7 nitrogen and oxygen atoms in total. The predicted octanol–water partition coefficient (Wildman–Crippen LogP) is 4.16. The van der Waals surface area contributed by atoms with Crippen LogP contribution in [-0.2, 0) is 9.59 Å². The van der Waals surface area contributed by atoms with Crippen LogP contribution < -0.4 is 10.6 Å². The third-order valence-electron chi connectivity index (χ3n) is 3.75. The van der Waals surface area contributed by atoms with Gasteiger partial charge in [0.05, 0.1) is 26.8 Å². The van der Waals surface area contributed by atoms with E-state index in [4.69, 9.17) is 23.2 Å². The molecule has 0 aliphatic carbocycles. The van der Waals surface area contributed by atoms with Gasteiger partial charge in [-0.25, -0.2) is 9.67 Å². The Kier molecular flexibility index (Phi) is 6.66. The molecule has 2 N–H and O–H groups in total. The second-order valence-electron chi connectivity index (χ2n) is 5.86. The van der Waals surface area contributed by atoms with Crippen LogP contribution in [0.2, 0.25) is 10.0 Å². The molecule has 0 aliphatic heterocycles. The Hall–Kier alpha value is -2.42. The van der Waals surface area contributed by atoms with Crippen molar-refractivity contribution in [2.75, 3.05) is 11.9 Å². The van der Waals surface area contributed by atoms with Gasteiger partial charge < -0.3 is 10.6 Å². The van der Waals surface area contributed by atoms with Crippen molar-refractivity contribution >= 4 is 51.5 Å². The topological polar surface area (TPSA) is 88.9 Å². The average Bonchev–Trinajstić information content (AvgIpc) is 3.28. The molecular formula is C18H17Cl2N5O2S. The normalized spacial score (nSPS) is 10.7. The summed E-state index contributed by atoms with van der Waals surface area (Å²) >= 11 is 13.9. The number of para-hydroxylation sites is 1. The quantitative estimate of drug-likeness (QED) is 0.543. The van der Waals surface area contributed by atoms with Gasteiger partial charge >= 0.3 is 0 Å². The van der Waals surface area contributed by atoms with Crippen molar-refractivity contribution in [3.8, 4) is 16.3 Å². The Balaban J connectivity index is 1.71. The van der Waals surface area contributed by atoms with E-state index in [9.17, 15) is 9.59 Å². The molecule has 3 rings (SSSR count). The number of halogens is 2. The number of nitrogens with zero attached hydrogens (tertiary/aromatic N) is 3. The minimum atomic E-state index is -0.158. The maximum Gasteiger partial charge on any atom is 0.226 e. The molecule has 1 aromatic carbocycles. The van der Waals surface area contributed by atoms with Gasteiger partial charge in [0.1, 0.15) is 5.69 Å². The predicted molar refractivity (Wildman–Crippen MR) is 111 cm³/mol. The van der Waals surface area contributed by atoms with Gasteiger partial charge in [-0.15, -0.1) is 0 Å². The van der Waals surface area contributed by atoms with Crippen molar-refractivity contribution in [3.05, 3.63) is 46.7 Å². The van der Waals surface area contributed by atoms with Crippen LogP contribution in [0.15, 0.2) is 36.7 Å². The van der Waals surface area contributed by atoms with Gasteiger partial charge in [-0.1, -0.05) is 40.6 Å². The number of hydrogen-bond donors (Lipinski definition) is 2. The molecule has 0 unspecified atom stereocenters. The monoisotopic (exact) mass is 437 g/mol. The molecule has 0 fully saturated rings. The van der Waals surface area contributed by atoms with E-state index in [1.165, 1.54) is 18.3 Å². The molecule has 0 saturated carbocycles. The number of anilines is 1. The minimum Gasteiger partial charge on any atom is -0.356 e. The molecule has 146 valence electrons. The van der Waals surface area contributed by atoms with Crippen LogP contribution in [0, 0.1) is 0 Å². The highest BCUT2D eigenvalue weighted by Crippen LogP contribution is 2.34. The van der Waals surface area contributed by atoms with Crippen molar-refractivity contribution in [1.29, 1.82) is 0 Å². The fraction of sp³-hybridized carbons (Fsp3) is 0.222. The first-order chi connectivity index (χ1) is 13.5. The Labute approximate surface area is 175 Å². The van der Waals surface area contributed by atoms with Crippen LogP contribution in [0.5, 0.6) is 0 Å². The van der Waals surface area contributed by atoms with Gasteiger partial charge in [0.25, 0.3) is 0 Å². The molecule has 0 aliphatic rings. The first-order valence-corrected chi connectivity index (χ1v) is 10.0. The third kappa shape index (κ3) is 4.89. The molecule has 2 amide bonds. The zero-order valence-electron chi connectivity index (χ0n) is 14.9. The Morgan fingerprint density at radius 2 is 1.96 bits per heavy atom. The number of carbonyl (C=O) groups excluding carboxylic acids is 2. The van der Waals surface area contributed by atoms with E-state index in [1.54, 1.807) is 35.3 Å². The van der Waals surface area contributed by atoms with E-state index in [0.717, 1.165) is 10.6 Å². The van der Waals surface area contributed by atoms with E-state index >= 15 is 0 Å². The summed E-state index contributed by atoms with van der Waals surface area (Å²) in [5.41, 5.74) is 1.35. The summed E-state index contributed by atoms with van der Waals surface area (Å²) in [6.07, 6.45) is 4.16. The summed E-state index contributed by atoms with van der Waals surface area (Å²) in [5.74, 6) is -0.269. The summed E-state index contributed by atoms with van der Waals surface area (Å²) in [6.45, 7) is 1.90. The van der Waals surface area contributed by atoms with E-state index < -0.39 is 0 Å². The number of benzene rings is 1. The van der Waals surface area contributed by atoms with Gasteiger partial charge in [-0.3, -0.25) is 9.59 Å². The van der Waals surface area contributed by atoms with Crippen molar-refractivity contribution < 1.29 is 9.59 Å². The highest BCUT2D eigenvalue weighted by Gasteiger charge is 2.16. The zero-order valence-corrected chi connectivity index (χ0v) is 17.2. The first-order valence-electron chi connectivity index (χ1n) is 8.44. The fourth-order valence-corrected chi connectivity index (χ4v) is 3.91. The van der Waals surface area contributed by atoms with Crippen LogP contribution in [0.3, 0.4) is 0 Å². The molecule has 10 heteroatoms. The smallest absolute Gasteiger partial charge is 0.226 e. The number of thiazole rings is 1. The first kappa shape index (κ1) is 20.3. The second-order valence-corrected chi connectivity index (χ2v) is 7.71. The van der Waals surface area contributed by atoms with Crippen molar-refractivity contribution in [2.24, 2.45) is 0 Å². The maximum absolute atomic E-state index is 12.0. The fourth-order valence-electron chi connectivity index (χ4n) is 2.50. The van der Waals surface area contributed by atoms with Crippen molar-refractivity contribution in [1.82, 2.24) is 20.1 Å². The number of amides is 2. The van der Waals surface area contributed by atoms with Gasteiger partial charge in [-0.05, 0) is 24.6 Å². The van der Waals surface area contributed by atoms with Crippen LogP contribution in [-0.4, -0.2) is 33.1 Å². The van der Waals surface area contributed by atoms with Crippen molar-refractivity contribution in [3.63, 3.8) is 0 Å². The van der Waals surface area contributed by atoms with Crippen LogP contribution >= 0.6 is 34.5 Å². The summed E-state index contributed by atoms with van der Waals surface area (Å²) < 4.78 is 1.65. The minimum absolute atomic E-state index is 0.111. The van der Waals surface area contributed by atoms with Crippen LogP contribution in [0.4, 0.5) is 5.13 Å². The maximum atomic E-state index is 12.0. The third-order valence-corrected chi connectivity index (χ3v) is 5.30. The Morgan fingerprint density at radius 1 is 1.21 bits per heavy atom. The highest BCUT2D eigenvalue weighted by atomic mass is 35.5. The van der Waals surface area contributed by atoms with E-state index in [0.29, 0.717) is 40.3 Å². The molecule has 0 spiro atoms. The molecule has 28 heavy (non-hydrogen) atoms.